The number of aryl methyl sites for hydroxylation is 1. The predicted octanol–water partition coefficient (Wildman–Crippen LogP) is 9.02. The third-order valence-corrected chi connectivity index (χ3v) is 6.37. The highest BCUT2D eigenvalue weighted by molar-refractivity contribution is 6.36. The van der Waals surface area contributed by atoms with Crippen LogP contribution in [0.5, 0.6) is 0 Å². The maximum atomic E-state index is 12.8. The number of pyridine rings is 1. The molecule has 190 valence electrons. The number of hydrogen-bond acceptors (Lipinski definition) is 2. The average Bonchev–Trinajstić information content (AvgIpc) is 2.84. The van der Waals surface area contributed by atoms with Gasteiger partial charge in [-0.1, -0.05) is 53.0 Å². The normalized spacial score (nSPS) is 11.3. The van der Waals surface area contributed by atoms with Gasteiger partial charge in [0.15, 0.2) is 0 Å². The Morgan fingerprint density at radius 3 is 2.14 bits per heavy atom. The third kappa shape index (κ3) is 6.55. The fourth-order valence-corrected chi connectivity index (χ4v) is 4.30. The molecule has 0 unspecified atom stereocenters. The Labute approximate surface area is 226 Å². The van der Waals surface area contributed by atoms with E-state index in [0.29, 0.717) is 32.0 Å². The van der Waals surface area contributed by atoms with Crippen LogP contribution in [0.3, 0.4) is 0 Å². The van der Waals surface area contributed by atoms with E-state index in [1.54, 1.807) is 30.3 Å². The van der Waals surface area contributed by atoms with Gasteiger partial charge in [-0.3, -0.25) is 4.98 Å². The van der Waals surface area contributed by atoms with Crippen LogP contribution in [0.4, 0.5) is 23.7 Å². The molecule has 0 fully saturated rings. The number of aromatic nitrogens is 1. The lowest BCUT2D eigenvalue weighted by atomic mass is 9.96. The summed E-state index contributed by atoms with van der Waals surface area (Å²) in [5.74, 6) is 0. The van der Waals surface area contributed by atoms with Gasteiger partial charge in [0.05, 0.1) is 11.3 Å². The van der Waals surface area contributed by atoms with Crippen molar-refractivity contribution in [3.8, 4) is 22.4 Å². The second kappa shape index (κ2) is 11.0. The number of nitrogens with one attached hydrogen (secondary N) is 2. The van der Waals surface area contributed by atoms with Gasteiger partial charge in [-0.2, -0.15) is 13.2 Å². The third-order valence-electron chi connectivity index (χ3n) is 5.57. The molecule has 4 rings (SSSR count). The molecule has 0 aliphatic carbocycles. The van der Waals surface area contributed by atoms with Crippen LogP contribution in [0.15, 0.2) is 72.8 Å². The van der Waals surface area contributed by atoms with E-state index in [1.165, 1.54) is 12.1 Å². The summed E-state index contributed by atoms with van der Waals surface area (Å²) >= 11 is 18.7. The average molecular weight is 565 g/mol. The van der Waals surface area contributed by atoms with E-state index < -0.39 is 17.8 Å². The summed E-state index contributed by atoms with van der Waals surface area (Å²) in [5, 5.41) is 6.76. The van der Waals surface area contributed by atoms with Gasteiger partial charge in [-0.15, -0.1) is 0 Å². The van der Waals surface area contributed by atoms with Crippen molar-refractivity contribution >= 4 is 46.5 Å². The molecule has 1 heterocycles. The molecule has 2 N–H and O–H groups in total. The van der Waals surface area contributed by atoms with Crippen LogP contribution in [-0.2, 0) is 12.7 Å². The summed E-state index contributed by atoms with van der Waals surface area (Å²) in [7, 11) is 0. The van der Waals surface area contributed by atoms with Gasteiger partial charge in [0.25, 0.3) is 0 Å². The molecule has 4 nitrogen and oxygen atoms in total. The van der Waals surface area contributed by atoms with Gasteiger partial charge in [0, 0.05) is 49.7 Å². The molecular formula is C27H19Cl3F3N3O. The van der Waals surface area contributed by atoms with E-state index in [1.807, 2.05) is 25.1 Å². The Morgan fingerprint density at radius 1 is 0.865 bits per heavy atom. The van der Waals surface area contributed by atoms with E-state index >= 15 is 0 Å². The van der Waals surface area contributed by atoms with Gasteiger partial charge < -0.3 is 10.6 Å². The van der Waals surface area contributed by atoms with Crippen molar-refractivity contribution in [2.24, 2.45) is 0 Å². The van der Waals surface area contributed by atoms with Crippen LogP contribution in [-0.4, -0.2) is 11.0 Å². The van der Waals surface area contributed by atoms with E-state index in [0.717, 1.165) is 28.8 Å². The number of halogens is 6. The molecule has 37 heavy (non-hydrogen) atoms. The lowest BCUT2D eigenvalue weighted by Crippen LogP contribution is -2.28. The molecule has 0 bridgehead atoms. The maximum Gasteiger partial charge on any atom is 0.416 e. The first-order valence-electron chi connectivity index (χ1n) is 11.0. The Kier molecular flexibility index (Phi) is 7.97. The second-order valence-electron chi connectivity index (χ2n) is 8.14. The van der Waals surface area contributed by atoms with Crippen LogP contribution in [0, 0.1) is 6.92 Å². The first-order valence-corrected chi connectivity index (χ1v) is 12.1. The maximum absolute atomic E-state index is 12.8. The van der Waals surface area contributed by atoms with Crippen molar-refractivity contribution in [3.05, 3.63) is 105 Å². The molecule has 4 aromatic rings. The molecule has 0 aliphatic rings. The summed E-state index contributed by atoms with van der Waals surface area (Å²) < 4.78 is 38.3. The van der Waals surface area contributed by atoms with Crippen LogP contribution in [0.2, 0.25) is 15.1 Å². The first kappa shape index (κ1) is 26.8. The summed E-state index contributed by atoms with van der Waals surface area (Å²) in [5.41, 5.74) is 3.77. The lowest BCUT2D eigenvalue weighted by Gasteiger charge is -2.16. The number of benzene rings is 3. The fraction of sp³-hybridized carbons (Fsp3) is 0.111. The zero-order chi connectivity index (χ0) is 26.7. The highest BCUT2D eigenvalue weighted by Gasteiger charge is 2.30. The van der Waals surface area contributed by atoms with E-state index in [-0.39, 0.29) is 12.2 Å². The standard InChI is InChI=1S/C27H19Cl3F3N3O/c1-15-17(14-34-26(37)36-21-9-4-18(5-10-21)27(31,32)33)12-23(22-11-8-20(29)13-24(22)30)25(35-15)16-2-6-19(28)7-3-16/h2-13H,14H2,1H3,(H2,34,36,37). The quantitative estimate of drug-likeness (QED) is 0.254. The number of carbonyl (C=O) groups excluding carboxylic acids is 1. The van der Waals surface area contributed by atoms with Crippen LogP contribution < -0.4 is 10.6 Å². The number of rotatable bonds is 5. The molecule has 10 heteroatoms. The molecule has 0 atom stereocenters. The Hall–Kier alpha value is -3.26. The van der Waals surface area contributed by atoms with Crippen molar-refractivity contribution in [2.45, 2.75) is 19.6 Å². The summed E-state index contributed by atoms with van der Waals surface area (Å²) in [6.07, 6.45) is -4.45. The minimum absolute atomic E-state index is 0.115. The van der Waals surface area contributed by atoms with Crippen molar-refractivity contribution in [1.82, 2.24) is 10.3 Å². The monoisotopic (exact) mass is 563 g/mol. The molecule has 2 amide bonds. The zero-order valence-corrected chi connectivity index (χ0v) is 21.5. The summed E-state index contributed by atoms with van der Waals surface area (Å²) in [6, 6.07) is 17.9. The Bertz CT molecular complexity index is 1440. The van der Waals surface area contributed by atoms with Crippen molar-refractivity contribution in [2.75, 3.05) is 5.32 Å². The Balaban J connectivity index is 1.60. The molecule has 1 aromatic heterocycles. The molecule has 0 aliphatic heterocycles. The molecular weight excluding hydrogens is 546 g/mol. The number of hydrogen-bond donors (Lipinski definition) is 2. The Morgan fingerprint density at radius 2 is 1.51 bits per heavy atom. The van der Waals surface area contributed by atoms with Crippen LogP contribution in [0.25, 0.3) is 22.4 Å². The highest BCUT2D eigenvalue weighted by atomic mass is 35.5. The molecule has 0 saturated carbocycles. The topological polar surface area (TPSA) is 54.0 Å². The van der Waals surface area contributed by atoms with Gasteiger partial charge >= 0.3 is 12.2 Å². The van der Waals surface area contributed by atoms with Gasteiger partial charge in [-0.25, -0.2) is 4.79 Å². The number of urea groups is 1. The molecule has 3 aromatic carbocycles. The number of amides is 2. The highest BCUT2D eigenvalue weighted by Crippen LogP contribution is 2.37. The van der Waals surface area contributed by atoms with E-state index in [9.17, 15) is 18.0 Å². The number of nitrogens with zero attached hydrogens (tertiary/aromatic N) is 1. The first-order chi connectivity index (χ1) is 17.5. The molecule has 0 radical (unpaired) electrons. The SMILES string of the molecule is Cc1nc(-c2ccc(Cl)cc2)c(-c2ccc(Cl)cc2Cl)cc1CNC(=O)Nc1ccc(C(F)(F)F)cc1. The van der Waals surface area contributed by atoms with E-state index in [4.69, 9.17) is 39.8 Å². The van der Waals surface area contributed by atoms with Crippen LogP contribution in [0.1, 0.15) is 16.8 Å². The number of alkyl halides is 3. The smallest absolute Gasteiger partial charge is 0.334 e. The van der Waals surface area contributed by atoms with Gasteiger partial charge in [0.1, 0.15) is 0 Å². The molecule has 0 saturated heterocycles. The number of carbonyl (C=O) groups is 1. The predicted molar refractivity (Wildman–Crippen MR) is 142 cm³/mol. The summed E-state index contributed by atoms with van der Waals surface area (Å²) in [6.45, 7) is 1.93. The van der Waals surface area contributed by atoms with Crippen molar-refractivity contribution in [1.29, 1.82) is 0 Å². The fourth-order valence-electron chi connectivity index (χ4n) is 3.66. The van der Waals surface area contributed by atoms with E-state index in [2.05, 4.69) is 10.6 Å². The minimum atomic E-state index is -4.45. The van der Waals surface area contributed by atoms with Crippen molar-refractivity contribution in [3.63, 3.8) is 0 Å². The molecule has 0 spiro atoms. The lowest BCUT2D eigenvalue weighted by molar-refractivity contribution is -0.137. The second-order valence-corrected chi connectivity index (χ2v) is 9.42. The van der Waals surface area contributed by atoms with Gasteiger partial charge in [0.2, 0.25) is 0 Å². The van der Waals surface area contributed by atoms with Crippen molar-refractivity contribution < 1.29 is 18.0 Å². The van der Waals surface area contributed by atoms with Crippen LogP contribution >= 0.6 is 34.8 Å². The van der Waals surface area contributed by atoms with Gasteiger partial charge in [-0.05, 0) is 67.1 Å². The minimum Gasteiger partial charge on any atom is -0.334 e. The summed E-state index contributed by atoms with van der Waals surface area (Å²) in [4.78, 5) is 17.2. The zero-order valence-electron chi connectivity index (χ0n) is 19.3. The largest absolute Gasteiger partial charge is 0.416 e. The number of anilines is 1.